The van der Waals surface area contributed by atoms with E-state index in [1.54, 1.807) is 34.6 Å². The third-order valence-electron chi connectivity index (χ3n) is 7.50. The Morgan fingerprint density at radius 3 is 1.00 bits per heavy atom. The Kier molecular flexibility index (Phi) is 26.2. The van der Waals surface area contributed by atoms with E-state index < -0.39 is 72.9 Å². The number of aliphatic hydroxyl groups is 8. The van der Waals surface area contributed by atoms with Crippen molar-refractivity contribution in [2.75, 3.05) is 13.2 Å². The number of hydrogen-bond acceptors (Lipinski definition) is 12. The fraction of sp³-hybridized carbons (Fsp3) is 0.967. The van der Waals surface area contributed by atoms with Gasteiger partial charge in [-0.2, -0.15) is 0 Å². The molecule has 0 aromatic rings. The van der Waals surface area contributed by atoms with E-state index in [1.807, 2.05) is 41.5 Å². The van der Waals surface area contributed by atoms with Crippen molar-refractivity contribution in [2.45, 2.75) is 156 Å². The number of carbonyl (C=O) groups is 1. The van der Waals surface area contributed by atoms with E-state index in [4.69, 9.17) is 29.5 Å². The van der Waals surface area contributed by atoms with Gasteiger partial charge in [0.15, 0.2) is 6.10 Å². The van der Waals surface area contributed by atoms with Gasteiger partial charge in [0.05, 0.1) is 62.0 Å². The van der Waals surface area contributed by atoms with Crippen molar-refractivity contribution in [3.8, 4) is 0 Å². The van der Waals surface area contributed by atoms with Crippen LogP contribution >= 0.6 is 0 Å². The SMILES string of the molecule is CC.CC.CC.C[C@@H]1[C@H](O)[C@@H](O)[C@H](C)O[C@@H]1CO.C[C@H]1[C@H](O)[C@@H](O)[C@H](C)O[C@@H]1C(=O)O.C[C@H]1[C@H](O)[C@@H](O)[C@H](C)O[C@@H]1CO. The number of ether oxygens (including phenoxy) is 3. The van der Waals surface area contributed by atoms with E-state index in [2.05, 4.69) is 0 Å². The Bertz CT molecular complexity index is 641. The predicted octanol–water partition coefficient (Wildman–Crippen LogP) is 0.543. The van der Waals surface area contributed by atoms with E-state index in [9.17, 15) is 35.4 Å². The van der Waals surface area contributed by atoms with Crippen LogP contribution < -0.4 is 0 Å². The first kappa shape index (κ1) is 46.4. The molecule has 0 unspecified atom stereocenters. The minimum atomic E-state index is -1.11. The van der Waals surface area contributed by atoms with E-state index in [0.717, 1.165) is 0 Å². The Hall–Kier alpha value is -0.970. The van der Waals surface area contributed by atoms with Crippen LogP contribution in [0.1, 0.15) is 83.1 Å². The average Bonchev–Trinajstić information content (AvgIpc) is 3.02. The van der Waals surface area contributed by atoms with Gasteiger partial charge in [0.1, 0.15) is 18.3 Å². The summed E-state index contributed by atoms with van der Waals surface area (Å²) in [5, 5.41) is 82.9. The van der Waals surface area contributed by atoms with Gasteiger partial charge in [-0.1, -0.05) is 62.3 Å². The van der Waals surface area contributed by atoms with Crippen LogP contribution in [-0.4, -0.2) is 138 Å². The maximum absolute atomic E-state index is 10.6. The van der Waals surface area contributed by atoms with Crippen molar-refractivity contribution in [1.82, 2.24) is 0 Å². The third kappa shape index (κ3) is 13.9. The molecular weight excluding hydrogens is 568 g/mol. The maximum Gasteiger partial charge on any atom is 0.333 e. The van der Waals surface area contributed by atoms with Crippen LogP contribution in [0.5, 0.6) is 0 Å². The van der Waals surface area contributed by atoms with Crippen LogP contribution in [0, 0.1) is 17.8 Å². The van der Waals surface area contributed by atoms with Gasteiger partial charge in [-0.3, -0.25) is 0 Å². The number of carboxylic acid groups (broad SMARTS) is 1. The number of carboxylic acids is 1. The summed E-state index contributed by atoms with van der Waals surface area (Å²) in [4.78, 5) is 10.6. The summed E-state index contributed by atoms with van der Waals surface area (Å²) in [6, 6.07) is 0. The normalized spacial score (nSPS) is 41.8. The standard InChI is InChI=1S/C8H14O5.2C8H16O4.3C2H6/c1-3-5(9)6(10)4(2)13-7(3)8(11)12;2*1-4-6(3-9)12-5(2)8(11)7(4)10;3*1-2/h3-7,9-10H,1-2H3,(H,11,12);2*4-11H,3H2,1-2H3;3*1-2H3/t3-,4-,5-,6-,7-;4-,5+,6-,7+,8+;4-,5-,6+,7-,8-;;;/m010.../s1. The zero-order chi connectivity index (χ0) is 34.8. The van der Waals surface area contributed by atoms with E-state index in [-0.39, 0.29) is 37.3 Å². The molecule has 3 heterocycles. The minimum Gasteiger partial charge on any atom is -0.479 e. The molecule has 0 spiro atoms. The Labute approximate surface area is 258 Å². The largest absolute Gasteiger partial charge is 0.479 e. The Balaban J connectivity index is -0.000000512. The lowest BCUT2D eigenvalue weighted by molar-refractivity contribution is -0.204. The molecule has 0 aliphatic carbocycles. The summed E-state index contributed by atoms with van der Waals surface area (Å²) in [6.07, 6.45) is -8.56. The summed E-state index contributed by atoms with van der Waals surface area (Å²) in [5.74, 6) is -2.14. The lowest BCUT2D eigenvalue weighted by Gasteiger charge is -2.39. The highest BCUT2D eigenvalue weighted by atomic mass is 16.5. The zero-order valence-electron chi connectivity index (χ0n) is 28.2. The molecule has 3 aliphatic heterocycles. The fourth-order valence-electron chi connectivity index (χ4n) is 4.48. The first-order chi connectivity index (χ1) is 20.1. The van der Waals surface area contributed by atoms with Crippen LogP contribution in [-0.2, 0) is 19.0 Å². The monoisotopic (exact) mass is 632 g/mol. The molecule has 0 saturated carbocycles. The molecule has 0 aromatic carbocycles. The van der Waals surface area contributed by atoms with Crippen LogP contribution in [0.25, 0.3) is 0 Å². The number of hydrogen-bond donors (Lipinski definition) is 9. The molecule has 3 fully saturated rings. The first-order valence-corrected chi connectivity index (χ1v) is 15.6. The predicted molar refractivity (Wildman–Crippen MR) is 162 cm³/mol. The van der Waals surface area contributed by atoms with E-state index in [0.29, 0.717) is 0 Å². The second-order valence-electron chi connectivity index (χ2n) is 10.2. The van der Waals surface area contributed by atoms with Gasteiger partial charge in [0.2, 0.25) is 0 Å². The molecule has 43 heavy (non-hydrogen) atoms. The van der Waals surface area contributed by atoms with Crippen molar-refractivity contribution in [1.29, 1.82) is 0 Å². The van der Waals surface area contributed by atoms with Crippen LogP contribution in [0.4, 0.5) is 0 Å². The number of aliphatic hydroxyl groups excluding tert-OH is 8. The van der Waals surface area contributed by atoms with Crippen molar-refractivity contribution in [3.63, 3.8) is 0 Å². The highest BCUT2D eigenvalue weighted by molar-refractivity contribution is 5.73. The van der Waals surface area contributed by atoms with Gasteiger partial charge >= 0.3 is 5.97 Å². The maximum atomic E-state index is 10.6. The summed E-state index contributed by atoms with van der Waals surface area (Å²) in [6.45, 7) is 21.7. The Morgan fingerprint density at radius 2 is 0.744 bits per heavy atom. The van der Waals surface area contributed by atoms with E-state index in [1.165, 1.54) is 6.92 Å². The molecule has 0 amide bonds. The molecule has 9 N–H and O–H groups in total. The molecule has 3 aliphatic rings. The quantitative estimate of drug-likeness (QED) is 0.207. The van der Waals surface area contributed by atoms with Crippen LogP contribution in [0.15, 0.2) is 0 Å². The molecule has 13 nitrogen and oxygen atoms in total. The summed E-state index contributed by atoms with van der Waals surface area (Å²) in [5.41, 5.74) is 0. The van der Waals surface area contributed by atoms with Gasteiger partial charge in [0, 0.05) is 17.8 Å². The number of aliphatic carboxylic acids is 1. The third-order valence-corrected chi connectivity index (χ3v) is 7.50. The zero-order valence-corrected chi connectivity index (χ0v) is 28.2. The molecule has 0 bridgehead atoms. The van der Waals surface area contributed by atoms with Gasteiger partial charge in [0.25, 0.3) is 0 Å². The van der Waals surface area contributed by atoms with E-state index >= 15 is 0 Å². The van der Waals surface area contributed by atoms with Crippen molar-refractivity contribution in [3.05, 3.63) is 0 Å². The van der Waals surface area contributed by atoms with Gasteiger partial charge in [-0.15, -0.1) is 0 Å². The summed E-state index contributed by atoms with van der Waals surface area (Å²) < 4.78 is 15.6. The molecule has 3 saturated heterocycles. The second kappa shape index (κ2) is 24.3. The summed E-state index contributed by atoms with van der Waals surface area (Å²) >= 11 is 0. The van der Waals surface area contributed by atoms with Crippen LogP contribution in [0.2, 0.25) is 0 Å². The fourth-order valence-corrected chi connectivity index (χ4v) is 4.48. The van der Waals surface area contributed by atoms with Gasteiger partial charge in [-0.05, 0) is 20.8 Å². The van der Waals surface area contributed by atoms with Crippen molar-refractivity contribution < 1.29 is 65.0 Å². The van der Waals surface area contributed by atoms with Gasteiger partial charge < -0.3 is 60.2 Å². The topological polar surface area (TPSA) is 227 Å². The first-order valence-electron chi connectivity index (χ1n) is 15.6. The van der Waals surface area contributed by atoms with Gasteiger partial charge in [-0.25, -0.2) is 4.79 Å². The lowest BCUT2D eigenvalue weighted by Crippen LogP contribution is -2.54. The van der Waals surface area contributed by atoms with Crippen molar-refractivity contribution in [2.24, 2.45) is 17.8 Å². The lowest BCUT2D eigenvalue weighted by atomic mass is 9.88. The van der Waals surface area contributed by atoms with Crippen molar-refractivity contribution >= 4 is 5.97 Å². The minimum absolute atomic E-state index is 0.116. The van der Waals surface area contributed by atoms with Crippen LogP contribution in [0.3, 0.4) is 0 Å². The molecule has 0 aromatic heterocycles. The molecule has 15 atom stereocenters. The summed E-state index contributed by atoms with van der Waals surface area (Å²) in [7, 11) is 0. The molecule has 13 heteroatoms. The average molecular weight is 633 g/mol. The molecule has 0 radical (unpaired) electrons. The Morgan fingerprint density at radius 1 is 0.488 bits per heavy atom. The molecule has 3 rings (SSSR count). The smallest absolute Gasteiger partial charge is 0.333 e. The highest BCUT2D eigenvalue weighted by Gasteiger charge is 2.43. The highest BCUT2D eigenvalue weighted by Crippen LogP contribution is 2.27. The number of rotatable bonds is 3. The molecular formula is C30H64O13. The second-order valence-corrected chi connectivity index (χ2v) is 10.2. The molecule has 262 valence electrons.